The Labute approximate surface area is 110 Å². The van der Waals surface area contributed by atoms with Crippen molar-refractivity contribution < 1.29 is 4.74 Å². The molecule has 1 aromatic rings. The molecule has 1 fully saturated rings. The third-order valence-corrected chi connectivity index (χ3v) is 3.75. The van der Waals surface area contributed by atoms with Gasteiger partial charge in [-0.2, -0.15) is 0 Å². The van der Waals surface area contributed by atoms with Crippen molar-refractivity contribution in [3.05, 3.63) is 48.0 Å². The minimum absolute atomic E-state index is 0.0264. The normalized spacial score (nSPS) is 31.6. The second kappa shape index (κ2) is 5.00. The second-order valence-electron chi connectivity index (χ2n) is 5.32. The monoisotopic (exact) mass is 240 g/mol. The molecule has 94 valence electrons. The van der Waals surface area contributed by atoms with Crippen molar-refractivity contribution in [1.29, 1.82) is 0 Å². The first-order valence-corrected chi connectivity index (χ1v) is 6.42. The Morgan fingerprint density at radius 2 is 2.11 bits per heavy atom. The van der Waals surface area contributed by atoms with Gasteiger partial charge in [0.25, 0.3) is 0 Å². The van der Waals surface area contributed by atoms with Crippen molar-refractivity contribution in [2.75, 3.05) is 0 Å². The molecule has 18 heavy (non-hydrogen) atoms. The van der Waals surface area contributed by atoms with Gasteiger partial charge >= 0.3 is 0 Å². The zero-order valence-corrected chi connectivity index (χ0v) is 11.1. The van der Waals surface area contributed by atoms with Crippen LogP contribution in [0.2, 0.25) is 0 Å². The van der Waals surface area contributed by atoms with Gasteiger partial charge < -0.3 is 4.74 Å². The zero-order chi connectivity index (χ0) is 13.2. The first kappa shape index (κ1) is 12.9. The molecule has 1 heterocycles. The van der Waals surface area contributed by atoms with Crippen LogP contribution < -0.4 is 0 Å². The van der Waals surface area contributed by atoms with Crippen LogP contribution in [0.5, 0.6) is 0 Å². The van der Waals surface area contributed by atoms with E-state index in [0.717, 1.165) is 12.8 Å². The van der Waals surface area contributed by atoms with E-state index < -0.39 is 5.60 Å². The molecule has 0 spiro atoms. The predicted molar refractivity (Wildman–Crippen MR) is 75.0 cm³/mol. The average Bonchev–Trinajstić information content (AvgIpc) is 2.39. The molecule has 0 saturated carbocycles. The van der Waals surface area contributed by atoms with Gasteiger partial charge in [0, 0.05) is 5.92 Å². The lowest BCUT2D eigenvalue weighted by atomic mass is 9.80. The first-order chi connectivity index (χ1) is 8.56. The van der Waals surface area contributed by atoms with E-state index in [1.807, 2.05) is 25.1 Å². The highest BCUT2D eigenvalue weighted by Gasteiger charge is 2.38. The van der Waals surface area contributed by atoms with E-state index >= 15 is 0 Å². The van der Waals surface area contributed by atoms with Gasteiger partial charge in [-0.3, -0.25) is 0 Å². The Balaban J connectivity index is 2.32. The lowest BCUT2D eigenvalue weighted by molar-refractivity contribution is -0.107. The lowest BCUT2D eigenvalue weighted by Gasteiger charge is -2.41. The minimum atomic E-state index is -0.452. The molecule has 0 bridgehead atoms. The fourth-order valence-corrected chi connectivity index (χ4v) is 2.56. The number of terminal acetylenes is 1. The minimum Gasteiger partial charge on any atom is -0.354 e. The maximum absolute atomic E-state index is 6.19. The Kier molecular flexibility index (Phi) is 3.59. The maximum atomic E-state index is 6.19. The standard InChI is InChI=1S/C17H20O/c1-5-17(4)12-11-15(13(2)3)16(18-17)14-9-7-6-8-10-14/h1,6-10,15-16H,2,11-12H2,3-4H3/t15-,16+,17-/m0/s1. The van der Waals surface area contributed by atoms with E-state index in [-0.39, 0.29) is 6.10 Å². The maximum Gasteiger partial charge on any atom is 0.126 e. The fourth-order valence-electron chi connectivity index (χ4n) is 2.56. The molecular formula is C17H20O. The van der Waals surface area contributed by atoms with E-state index in [9.17, 15) is 0 Å². The van der Waals surface area contributed by atoms with Gasteiger partial charge in [-0.05, 0) is 32.3 Å². The molecule has 1 aromatic carbocycles. The topological polar surface area (TPSA) is 9.23 Å². The number of rotatable bonds is 2. The van der Waals surface area contributed by atoms with E-state index in [1.165, 1.54) is 11.1 Å². The van der Waals surface area contributed by atoms with E-state index in [1.54, 1.807) is 0 Å². The molecule has 1 aliphatic heterocycles. The molecule has 0 radical (unpaired) electrons. The Morgan fingerprint density at radius 1 is 1.44 bits per heavy atom. The van der Waals surface area contributed by atoms with E-state index in [0.29, 0.717) is 5.92 Å². The van der Waals surface area contributed by atoms with Crippen molar-refractivity contribution in [2.45, 2.75) is 38.4 Å². The summed E-state index contributed by atoms with van der Waals surface area (Å²) in [5.41, 5.74) is 1.90. The molecule has 1 heteroatoms. The van der Waals surface area contributed by atoms with E-state index in [2.05, 4.69) is 31.6 Å². The lowest BCUT2D eigenvalue weighted by Crippen LogP contribution is -2.37. The third-order valence-electron chi connectivity index (χ3n) is 3.75. The fraction of sp³-hybridized carbons (Fsp3) is 0.412. The number of hydrogen-bond acceptors (Lipinski definition) is 1. The summed E-state index contributed by atoms with van der Waals surface area (Å²) in [5, 5.41) is 0. The van der Waals surface area contributed by atoms with Gasteiger partial charge in [-0.15, -0.1) is 6.42 Å². The largest absolute Gasteiger partial charge is 0.354 e. The summed E-state index contributed by atoms with van der Waals surface area (Å²) in [4.78, 5) is 0. The summed E-state index contributed by atoms with van der Waals surface area (Å²) in [5.74, 6) is 3.14. The molecule has 0 aliphatic carbocycles. The highest BCUT2D eigenvalue weighted by molar-refractivity contribution is 5.23. The first-order valence-electron chi connectivity index (χ1n) is 6.42. The molecule has 2 rings (SSSR count). The molecule has 0 amide bonds. The third kappa shape index (κ3) is 2.49. The van der Waals surface area contributed by atoms with Crippen molar-refractivity contribution in [2.24, 2.45) is 5.92 Å². The summed E-state index contributed by atoms with van der Waals surface area (Å²) in [6.07, 6.45) is 7.56. The molecule has 0 N–H and O–H groups in total. The Hall–Kier alpha value is -1.52. The summed E-state index contributed by atoms with van der Waals surface area (Å²) in [6, 6.07) is 10.3. The molecule has 1 nitrogen and oxygen atoms in total. The molecule has 3 atom stereocenters. The van der Waals surface area contributed by atoms with Crippen LogP contribution in [-0.2, 0) is 4.74 Å². The van der Waals surface area contributed by atoms with Crippen LogP contribution in [-0.4, -0.2) is 5.60 Å². The molecule has 0 unspecified atom stereocenters. The molecular weight excluding hydrogens is 220 g/mol. The molecule has 0 aromatic heterocycles. The highest BCUT2D eigenvalue weighted by Crippen LogP contribution is 2.43. The van der Waals surface area contributed by atoms with Gasteiger partial charge in [-0.1, -0.05) is 48.4 Å². The Bertz CT molecular complexity index is 468. The van der Waals surface area contributed by atoms with Crippen LogP contribution in [0.15, 0.2) is 42.5 Å². The van der Waals surface area contributed by atoms with Crippen molar-refractivity contribution >= 4 is 0 Å². The number of hydrogen-bond donors (Lipinski definition) is 0. The van der Waals surface area contributed by atoms with Gasteiger partial charge in [0.05, 0.1) is 6.10 Å². The summed E-state index contributed by atoms with van der Waals surface area (Å²) in [6.45, 7) is 8.17. The summed E-state index contributed by atoms with van der Waals surface area (Å²) in [7, 11) is 0. The van der Waals surface area contributed by atoms with E-state index in [4.69, 9.17) is 11.2 Å². The van der Waals surface area contributed by atoms with Crippen molar-refractivity contribution in [1.82, 2.24) is 0 Å². The number of ether oxygens (including phenoxy) is 1. The average molecular weight is 240 g/mol. The van der Waals surface area contributed by atoms with Crippen LogP contribution in [0, 0.1) is 18.3 Å². The van der Waals surface area contributed by atoms with Crippen LogP contribution in [0.4, 0.5) is 0 Å². The van der Waals surface area contributed by atoms with Gasteiger partial charge in [0.2, 0.25) is 0 Å². The second-order valence-corrected chi connectivity index (χ2v) is 5.32. The SMILES string of the molecule is C#C[C@@]1(C)CC[C@@H](C(=C)C)[C@@H](c2ccccc2)O1. The number of benzene rings is 1. The van der Waals surface area contributed by atoms with Crippen LogP contribution in [0.25, 0.3) is 0 Å². The predicted octanol–water partition coefficient (Wildman–Crippen LogP) is 4.12. The molecule has 1 aliphatic rings. The van der Waals surface area contributed by atoms with Crippen LogP contribution in [0.3, 0.4) is 0 Å². The summed E-state index contributed by atoms with van der Waals surface area (Å²) < 4.78 is 6.19. The van der Waals surface area contributed by atoms with Crippen molar-refractivity contribution in [3.8, 4) is 12.3 Å². The summed E-state index contributed by atoms with van der Waals surface area (Å²) >= 11 is 0. The van der Waals surface area contributed by atoms with Crippen molar-refractivity contribution in [3.63, 3.8) is 0 Å². The molecule has 1 saturated heterocycles. The van der Waals surface area contributed by atoms with Gasteiger partial charge in [0.15, 0.2) is 0 Å². The quantitative estimate of drug-likeness (QED) is 0.558. The smallest absolute Gasteiger partial charge is 0.126 e. The Morgan fingerprint density at radius 3 is 2.67 bits per heavy atom. The highest BCUT2D eigenvalue weighted by atomic mass is 16.5. The van der Waals surface area contributed by atoms with Gasteiger partial charge in [-0.25, -0.2) is 0 Å². The van der Waals surface area contributed by atoms with Crippen LogP contribution >= 0.6 is 0 Å². The van der Waals surface area contributed by atoms with Gasteiger partial charge in [0.1, 0.15) is 5.60 Å². The van der Waals surface area contributed by atoms with Crippen LogP contribution in [0.1, 0.15) is 38.4 Å². The zero-order valence-electron chi connectivity index (χ0n) is 11.1.